The van der Waals surface area contributed by atoms with Crippen molar-refractivity contribution in [1.29, 1.82) is 0 Å². The number of thiophene rings is 1. The van der Waals surface area contributed by atoms with Gasteiger partial charge in [0.25, 0.3) is 5.91 Å². The molecule has 0 bridgehead atoms. The maximum Gasteiger partial charge on any atom is 0.264 e. The number of anilines is 1. The first-order valence-corrected chi connectivity index (χ1v) is 10.5. The van der Waals surface area contributed by atoms with Crippen LogP contribution in [0, 0.1) is 6.92 Å². The smallest absolute Gasteiger partial charge is 0.264 e. The summed E-state index contributed by atoms with van der Waals surface area (Å²) in [5.41, 5.74) is 9.48. The van der Waals surface area contributed by atoms with Gasteiger partial charge in [0.1, 0.15) is 0 Å². The first-order chi connectivity index (χ1) is 13.0. The molecule has 5 nitrogen and oxygen atoms in total. The lowest BCUT2D eigenvalue weighted by atomic mass is 10.1. The number of benzene rings is 1. The van der Waals surface area contributed by atoms with Crippen LogP contribution >= 0.6 is 11.3 Å². The van der Waals surface area contributed by atoms with Gasteiger partial charge in [-0.25, -0.2) is 0 Å². The summed E-state index contributed by atoms with van der Waals surface area (Å²) in [4.78, 5) is 21.5. The zero-order valence-electron chi connectivity index (χ0n) is 16.1. The van der Waals surface area contributed by atoms with E-state index in [1.54, 1.807) is 11.3 Å². The van der Waals surface area contributed by atoms with Crippen LogP contribution in [0.5, 0.6) is 0 Å². The molecule has 2 fully saturated rings. The molecule has 0 aliphatic carbocycles. The van der Waals surface area contributed by atoms with E-state index in [0.29, 0.717) is 6.54 Å². The van der Waals surface area contributed by atoms with E-state index in [0.717, 1.165) is 54.5 Å². The van der Waals surface area contributed by atoms with Crippen molar-refractivity contribution in [2.24, 2.45) is 5.73 Å². The van der Waals surface area contributed by atoms with Gasteiger partial charge in [0.2, 0.25) is 0 Å². The third-order valence-electron chi connectivity index (χ3n) is 5.64. The van der Waals surface area contributed by atoms with E-state index in [1.165, 1.54) is 11.3 Å². The highest BCUT2D eigenvalue weighted by molar-refractivity contribution is 7.17. The van der Waals surface area contributed by atoms with Gasteiger partial charge in [-0.15, -0.1) is 11.3 Å². The van der Waals surface area contributed by atoms with Crippen LogP contribution in [0.15, 0.2) is 30.3 Å². The minimum absolute atomic E-state index is 0.121. The van der Waals surface area contributed by atoms with Gasteiger partial charge in [-0.1, -0.05) is 12.1 Å². The Labute approximate surface area is 165 Å². The van der Waals surface area contributed by atoms with Crippen molar-refractivity contribution < 1.29 is 4.79 Å². The van der Waals surface area contributed by atoms with Crippen LogP contribution < -0.4 is 10.6 Å². The number of nitrogens with two attached hydrogens (primary N) is 1. The molecule has 144 valence electrons. The second-order valence-electron chi connectivity index (χ2n) is 7.76. The first-order valence-electron chi connectivity index (χ1n) is 9.70. The summed E-state index contributed by atoms with van der Waals surface area (Å²) >= 11 is 1.60. The van der Waals surface area contributed by atoms with Gasteiger partial charge in [-0.3, -0.25) is 4.79 Å². The fourth-order valence-corrected chi connectivity index (χ4v) is 5.00. The Morgan fingerprint density at radius 1 is 1.11 bits per heavy atom. The lowest BCUT2D eigenvalue weighted by Crippen LogP contribution is -2.44. The van der Waals surface area contributed by atoms with Crippen LogP contribution in [0.1, 0.15) is 21.7 Å². The molecule has 2 aliphatic heterocycles. The standard InChI is InChI=1S/C21H28N4OS/c1-15-13-19(27-20(15)21(26)25-8-7-17(22)14-25)16-3-5-18(6-4-16)24-11-9-23(2)10-12-24/h3-6,13,17H,7-12,14,22H2,1-2H3/t17-/m0/s1. The van der Waals surface area contributed by atoms with Crippen LogP contribution in [0.4, 0.5) is 5.69 Å². The predicted molar refractivity (Wildman–Crippen MR) is 113 cm³/mol. The quantitative estimate of drug-likeness (QED) is 0.884. The van der Waals surface area contributed by atoms with Crippen LogP contribution in [-0.2, 0) is 0 Å². The van der Waals surface area contributed by atoms with E-state index in [-0.39, 0.29) is 11.9 Å². The van der Waals surface area contributed by atoms with Crippen molar-refractivity contribution >= 4 is 22.9 Å². The summed E-state index contributed by atoms with van der Waals surface area (Å²) in [6.07, 6.45) is 0.900. The van der Waals surface area contributed by atoms with Crippen LogP contribution in [-0.4, -0.2) is 68.1 Å². The summed E-state index contributed by atoms with van der Waals surface area (Å²) in [6, 6.07) is 11.0. The van der Waals surface area contributed by atoms with Crippen molar-refractivity contribution in [3.05, 3.63) is 40.8 Å². The fraction of sp³-hybridized carbons (Fsp3) is 0.476. The van der Waals surface area contributed by atoms with Gasteiger partial charge in [-0.2, -0.15) is 0 Å². The van der Waals surface area contributed by atoms with E-state index in [2.05, 4.69) is 47.2 Å². The third-order valence-corrected chi connectivity index (χ3v) is 6.92. The molecule has 2 aromatic rings. The molecular formula is C21H28N4OS. The Morgan fingerprint density at radius 3 is 2.44 bits per heavy atom. The number of amides is 1. The molecular weight excluding hydrogens is 356 g/mol. The zero-order chi connectivity index (χ0) is 19.0. The highest BCUT2D eigenvalue weighted by Crippen LogP contribution is 2.33. The highest BCUT2D eigenvalue weighted by atomic mass is 32.1. The number of aryl methyl sites for hydroxylation is 1. The maximum atomic E-state index is 12.8. The van der Waals surface area contributed by atoms with E-state index < -0.39 is 0 Å². The van der Waals surface area contributed by atoms with Gasteiger partial charge in [-0.05, 0) is 49.7 Å². The summed E-state index contributed by atoms with van der Waals surface area (Å²) < 4.78 is 0. The summed E-state index contributed by atoms with van der Waals surface area (Å²) in [7, 11) is 2.17. The number of hydrogen-bond donors (Lipinski definition) is 1. The molecule has 27 heavy (non-hydrogen) atoms. The largest absolute Gasteiger partial charge is 0.369 e. The van der Waals surface area contributed by atoms with E-state index in [1.807, 2.05) is 11.8 Å². The van der Waals surface area contributed by atoms with Crippen LogP contribution in [0.2, 0.25) is 0 Å². The number of rotatable bonds is 3. The van der Waals surface area contributed by atoms with Gasteiger partial charge >= 0.3 is 0 Å². The maximum absolute atomic E-state index is 12.8. The Kier molecular flexibility index (Phi) is 5.21. The van der Waals surface area contributed by atoms with Gasteiger partial charge in [0.05, 0.1) is 4.88 Å². The Morgan fingerprint density at radius 2 is 1.81 bits per heavy atom. The Bertz CT molecular complexity index is 808. The molecule has 1 amide bonds. The minimum atomic E-state index is 0.121. The molecule has 0 radical (unpaired) electrons. The molecule has 2 saturated heterocycles. The fourth-order valence-electron chi connectivity index (χ4n) is 3.85. The van der Waals surface area contributed by atoms with Gasteiger partial charge < -0.3 is 20.4 Å². The monoisotopic (exact) mass is 384 g/mol. The minimum Gasteiger partial charge on any atom is -0.369 e. The normalized spacial score (nSPS) is 21.1. The third kappa shape index (κ3) is 3.88. The molecule has 2 N–H and O–H groups in total. The van der Waals surface area contributed by atoms with Crippen molar-refractivity contribution in [1.82, 2.24) is 9.80 Å². The summed E-state index contributed by atoms with van der Waals surface area (Å²) in [5, 5.41) is 0. The number of carbonyl (C=O) groups excluding carboxylic acids is 1. The van der Waals surface area contributed by atoms with E-state index in [4.69, 9.17) is 5.73 Å². The SMILES string of the molecule is Cc1cc(-c2ccc(N3CCN(C)CC3)cc2)sc1C(=O)N1CC[C@H](N)C1. The molecule has 0 saturated carbocycles. The lowest BCUT2D eigenvalue weighted by molar-refractivity contribution is 0.0795. The Hall–Kier alpha value is -1.89. The van der Waals surface area contributed by atoms with E-state index >= 15 is 0 Å². The molecule has 1 atom stereocenters. The van der Waals surface area contributed by atoms with Crippen molar-refractivity contribution in [3.8, 4) is 10.4 Å². The summed E-state index contributed by atoms with van der Waals surface area (Å²) in [6.45, 7) is 7.84. The van der Waals surface area contributed by atoms with Crippen LogP contribution in [0.25, 0.3) is 10.4 Å². The van der Waals surface area contributed by atoms with E-state index in [9.17, 15) is 4.79 Å². The number of likely N-dealkylation sites (N-methyl/N-ethyl adjacent to an activating group) is 1. The van der Waals surface area contributed by atoms with Crippen LogP contribution in [0.3, 0.4) is 0 Å². The van der Waals surface area contributed by atoms with Crippen molar-refractivity contribution in [2.45, 2.75) is 19.4 Å². The molecule has 0 unspecified atom stereocenters. The number of likely N-dealkylation sites (tertiary alicyclic amines) is 1. The van der Waals surface area contributed by atoms with Crippen molar-refractivity contribution in [2.75, 3.05) is 51.2 Å². The second-order valence-corrected chi connectivity index (χ2v) is 8.81. The molecule has 4 rings (SSSR count). The number of hydrogen-bond acceptors (Lipinski definition) is 5. The molecule has 2 aliphatic rings. The van der Waals surface area contributed by atoms with Gasteiger partial charge in [0, 0.05) is 55.9 Å². The Balaban J connectivity index is 1.50. The highest BCUT2D eigenvalue weighted by Gasteiger charge is 2.27. The number of piperazine rings is 1. The predicted octanol–water partition coefficient (Wildman–Crippen LogP) is 2.65. The molecule has 0 spiro atoms. The first kappa shape index (κ1) is 18.5. The number of nitrogens with zero attached hydrogens (tertiary/aromatic N) is 3. The van der Waals surface area contributed by atoms with Crippen molar-refractivity contribution in [3.63, 3.8) is 0 Å². The number of carbonyl (C=O) groups is 1. The van der Waals surface area contributed by atoms with Gasteiger partial charge in [0.15, 0.2) is 0 Å². The average Bonchev–Trinajstić information content (AvgIpc) is 3.28. The zero-order valence-corrected chi connectivity index (χ0v) is 17.0. The molecule has 1 aromatic carbocycles. The molecule has 3 heterocycles. The lowest BCUT2D eigenvalue weighted by Gasteiger charge is -2.34. The molecule has 6 heteroatoms. The second kappa shape index (κ2) is 7.62. The summed E-state index contributed by atoms with van der Waals surface area (Å²) in [5.74, 6) is 0.130. The topological polar surface area (TPSA) is 52.8 Å². The molecule has 1 aromatic heterocycles. The average molecular weight is 385 g/mol.